The third-order valence-corrected chi connectivity index (χ3v) is 4.64. The highest BCUT2D eigenvalue weighted by atomic mass is 35.5. The first-order valence-electron chi connectivity index (χ1n) is 8.34. The number of halogens is 1. The maximum absolute atomic E-state index is 12.7. The molecular formula is C19H17ClN4O2. The van der Waals surface area contributed by atoms with Crippen molar-refractivity contribution in [2.45, 2.75) is 19.4 Å². The van der Waals surface area contributed by atoms with Gasteiger partial charge in [-0.1, -0.05) is 41.9 Å². The zero-order valence-corrected chi connectivity index (χ0v) is 14.9. The van der Waals surface area contributed by atoms with Gasteiger partial charge >= 0.3 is 0 Å². The Morgan fingerprint density at radius 2 is 2.00 bits per heavy atom. The summed E-state index contributed by atoms with van der Waals surface area (Å²) in [7, 11) is 0. The van der Waals surface area contributed by atoms with Crippen molar-refractivity contribution in [3.63, 3.8) is 0 Å². The van der Waals surface area contributed by atoms with Crippen LogP contribution in [0.15, 0.2) is 48.5 Å². The Morgan fingerprint density at radius 1 is 1.23 bits per heavy atom. The molecule has 0 aliphatic carbocycles. The number of para-hydroxylation sites is 2. The molecule has 0 bridgehead atoms. The first-order chi connectivity index (χ1) is 12.6. The summed E-state index contributed by atoms with van der Waals surface area (Å²) in [5, 5.41) is 7.89. The standard InChI is InChI=1S/C19H17ClN4O2/c1-12-21-18(23-24(12)16-8-4-3-7-14(16)20)19(25)22-15-10-11-26-17-9-5-2-6-13(15)17/h2-9,15H,10-11H2,1H3,(H,22,25). The molecule has 6 nitrogen and oxygen atoms in total. The molecule has 132 valence electrons. The van der Waals surface area contributed by atoms with Crippen LogP contribution in [-0.2, 0) is 0 Å². The monoisotopic (exact) mass is 368 g/mol. The van der Waals surface area contributed by atoms with E-state index in [1.54, 1.807) is 17.7 Å². The van der Waals surface area contributed by atoms with Gasteiger partial charge in [0.05, 0.1) is 23.4 Å². The zero-order valence-electron chi connectivity index (χ0n) is 14.1. The number of carbonyl (C=O) groups excluding carboxylic acids is 1. The molecule has 0 fully saturated rings. The van der Waals surface area contributed by atoms with E-state index < -0.39 is 0 Å². The Balaban J connectivity index is 1.59. The van der Waals surface area contributed by atoms with E-state index in [9.17, 15) is 4.79 Å². The fraction of sp³-hybridized carbons (Fsp3) is 0.211. The van der Waals surface area contributed by atoms with Gasteiger partial charge in [0.25, 0.3) is 5.91 Å². The number of benzene rings is 2. The molecule has 0 spiro atoms. The Hall–Kier alpha value is -2.86. The predicted octanol–water partition coefficient (Wildman–Crippen LogP) is 3.48. The van der Waals surface area contributed by atoms with E-state index in [0.717, 1.165) is 11.3 Å². The highest BCUT2D eigenvalue weighted by Gasteiger charge is 2.25. The normalized spacial score (nSPS) is 15.8. The van der Waals surface area contributed by atoms with E-state index in [4.69, 9.17) is 16.3 Å². The molecule has 1 aliphatic rings. The summed E-state index contributed by atoms with van der Waals surface area (Å²) < 4.78 is 7.21. The summed E-state index contributed by atoms with van der Waals surface area (Å²) in [6.07, 6.45) is 0.701. The molecule has 2 aromatic carbocycles. The van der Waals surface area contributed by atoms with Crippen LogP contribution in [0.3, 0.4) is 0 Å². The van der Waals surface area contributed by atoms with Crippen molar-refractivity contribution in [3.8, 4) is 11.4 Å². The summed E-state index contributed by atoms with van der Waals surface area (Å²) in [6.45, 7) is 2.35. The molecule has 26 heavy (non-hydrogen) atoms. The molecule has 1 unspecified atom stereocenters. The van der Waals surface area contributed by atoms with E-state index in [-0.39, 0.29) is 17.8 Å². The predicted molar refractivity (Wildman–Crippen MR) is 97.9 cm³/mol. The SMILES string of the molecule is Cc1nc(C(=O)NC2CCOc3ccccc32)nn1-c1ccccc1Cl. The summed E-state index contributed by atoms with van der Waals surface area (Å²) in [5.41, 5.74) is 1.66. The fourth-order valence-corrected chi connectivity index (χ4v) is 3.27. The molecule has 1 N–H and O–H groups in total. The average Bonchev–Trinajstić information content (AvgIpc) is 3.04. The van der Waals surface area contributed by atoms with Gasteiger partial charge in [-0.2, -0.15) is 0 Å². The van der Waals surface area contributed by atoms with Crippen molar-refractivity contribution in [3.05, 3.63) is 70.8 Å². The maximum atomic E-state index is 12.7. The molecule has 4 rings (SSSR count). The fourth-order valence-electron chi connectivity index (χ4n) is 3.05. The van der Waals surface area contributed by atoms with Gasteiger partial charge < -0.3 is 10.1 Å². The van der Waals surface area contributed by atoms with Crippen LogP contribution in [0.5, 0.6) is 5.75 Å². The lowest BCUT2D eigenvalue weighted by Gasteiger charge is -2.26. The lowest BCUT2D eigenvalue weighted by atomic mass is 10.0. The number of nitrogens with one attached hydrogen (secondary N) is 1. The molecule has 0 radical (unpaired) electrons. The minimum Gasteiger partial charge on any atom is -0.493 e. The second-order valence-corrected chi connectivity index (χ2v) is 6.45. The Bertz CT molecular complexity index is 970. The van der Waals surface area contributed by atoms with E-state index >= 15 is 0 Å². The average molecular weight is 369 g/mol. The Labute approximate surface area is 155 Å². The van der Waals surface area contributed by atoms with Crippen molar-refractivity contribution in [1.82, 2.24) is 20.1 Å². The van der Waals surface area contributed by atoms with Gasteiger partial charge in [-0.05, 0) is 25.1 Å². The maximum Gasteiger partial charge on any atom is 0.291 e. The van der Waals surface area contributed by atoms with Gasteiger partial charge in [-0.25, -0.2) is 9.67 Å². The highest BCUT2D eigenvalue weighted by molar-refractivity contribution is 6.32. The topological polar surface area (TPSA) is 69.0 Å². The number of carbonyl (C=O) groups is 1. The smallest absolute Gasteiger partial charge is 0.291 e. The number of aromatic nitrogens is 3. The number of rotatable bonds is 3. The number of hydrogen-bond acceptors (Lipinski definition) is 4. The van der Waals surface area contributed by atoms with Crippen molar-refractivity contribution in [1.29, 1.82) is 0 Å². The third kappa shape index (κ3) is 3.04. The minimum absolute atomic E-state index is 0.117. The third-order valence-electron chi connectivity index (χ3n) is 4.32. The summed E-state index contributed by atoms with van der Waals surface area (Å²) in [6, 6.07) is 14.9. The van der Waals surface area contributed by atoms with E-state index in [2.05, 4.69) is 15.4 Å². The second kappa shape index (κ2) is 6.80. The van der Waals surface area contributed by atoms with Crippen molar-refractivity contribution in [2.24, 2.45) is 0 Å². The lowest BCUT2D eigenvalue weighted by molar-refractivity contribution is 0.0914. The largest absolute Gasteiger partial charge is 0.493 e. The van der Waals surface area contributed by atoms with Gasteiger partial charge in [-0.15, -0.1) is 5.10 Å². The quantitative estimate of drug-likeness (QED) is 0.768. The van der Waals surface area contributed by atoms with Gasteiger partial charge in [-0.3, -0.25) is 4.79 Å². The minimum atomic E-state index is -0.319. The molecule has 0 saturated heterocycles. The van der Waals surface area contributed by atoms with Crippen molar-refractivity contribution >= 4 is 17.5 Å². The molecule has 1 amide bonds. The number of aryl methyl sites for hydroxylation is 1. The van der Waals surface area contributed by atoms with Gasteiger partial charge in [0, 0.05) is 12.0 Å². The van der Waals surface area contributed by atoms with Crippen LogP contribution in [0.1, 0.15) is 34.5 Å². The highest BCUT2D eigenvalue weighted by Crippen LogP contribution is 2.31. The number of amides is 1. The van der Waals surface area contributed by atoms with Crippen LogP contribution < -0.4 is 10.1 Å². The van der Waals surface area contributed by atoms with Crippen LogP contribution in [0.4, 0.5) is 0 Å². The second-order valence-electron chi connectivity index (χ2n) is 6.05. The summed E-state index contributed by atoms with van der Waals surface area (Å²) >= 11 is 6.23. The van der Waals surface area contributed by atoms with Crippen LogP contribution in [0, 0.1) is 6.92 Å². The molecule has 1 atom stereocenters. The summed E-state index contributed by atoms with van der Waals surface area (Å²) in [4.78, 5) is 17.0. The van der Waals surface area contributed by atoms with E-state index in [1.807, 2.05) is 42.5 Å². The summed E-state index contributed by atoms with van der Waals surface area (Å²) in [5.74, 6) is 1.19. The molecule has 7 heteroatoms. The van der Waals surface area contributed by atoms with Crippen LogP contribution in [0.25, 0.3) is 5.69 Å². The number of ether oxygens (including phenoxy) is 1. The van der Waals surface area contributed by atoms with Crippen LogP contribution in [-0.4, -0.2) is 27.3 Å². The number of fused-ring (bicyclic) bond motifs is 1. The zero-order chi connectivity index (χ0) is 18.1. The number of nitrogens with zero attached hydrogens (tertiary/aromatic N) is 3. The molecule has 3 aromatic rings. The Kier molecular flexibility index (Phi) is 4.34. The van der Waals surface area contributed by atoms with Crippen molar-refractivity contribution in [2.75, 3.05) is 6.61 Å². The van der Waals surface area contributed by atoms with Gasteiger partial charge in [0.15, 0.2) is 0 Å². The molecule has 0 saturated carbocycles. The lowest BCUT2D eigenvalue weighted by Crippen LogP contribution is -2.32. The molecule has 2 heterocycles. The molecular weight excluding hydrogens is 352 g/mol. The number of hydrogen-bond donors (Lipinski definition) is 1. The van der Waals surface area contributed by atoms with Crippen molar-refractivity contribution < 1.29 is 9.53 Å². The first-order valence-corrected chi connectivity index (χ1v) is 8.72. The van der Waals surface area contributed by atoms with E-state index in [0.29, 0.717) is 29.6 Å². The van der Waals surface area contributed by atoms with Gasteiger partial charge in [0.1, 0.15) is 11.6 Å². The van der Waals surface area contributed by atoms with Crippen LogP contribution in [0.2, 0.25) is 5.02 Å². The molecule has 1 aliphatic heterocycles. The molecule has 1 aromatic heterocycles. The Morgan fingerprint density at radius 3 is 2.85 bits per heavy atom. The van der Waals surface area contributed by atoms with Gasteiger partial charge in [0.2, 0.25) is 5.82 Å². The van der Waals surface area contributed by atoms with Crippen LogP contribution >= 0.6 is 11.6 Å². The first kappa shape index (κ1) is 16.6. The van der Waals surface area contributed by atoms with E-state index in [1.165, 1.54) is 0 Å².